The number of thioether (sulfide) groups is 1. The number of hydrogen-bond donors (Lipinski definition) is 1. The first-order chi connectivity index (χ1) is 14.7. The SMILES string of the molecule is Cc1cccc(NC(=O)CSC2=NC(c3ccccc3)=NCN2c2ccccc2)c1. The molecule has 3 aromatic carbocycles. The quantitative estimate of drug-likeness (QED) is 0.643. The Kier molecular flexibility index (Phi) is 6.25. The molecule has 150 valence electrons. The fourth-order valence-electron chi connectivity index (χ4n) is 3.09. The van der Waals surface area contributed by atoms with E-state index in [4.69, 9.17) is 4.99 Å². The molecule has 30 heavy (non-hydrogen) atoms. The molecule has 1 aliphatic rings. The third-order valence-corrected chi connectivity index (χ3v) is 5.50. The molecule has 0 spiro atoms. The number of amides is 1. The number of anilines is 2. The molecule has 3 aromatic rings. The molecule has 0 saturated carbocycles. The van der Waals surface area contributed by atoms with Crippen LogP contribution in [0.1, 0.15) is 11.1 Å². The van der Waals surface area contributed by atoms with Crippen LogP contribution in [0.5, 0.6) is 0 Å². The molecule has 4 rings (SSSR count). The van der Waals surface area contributed by atoms with E-state index >= 15 is 0 Å². The van der Waals surface area contributed by atoms with Crippen molar-refractivity contribution in [2.45, 2.75) is 6.92 Å². The summed E-state index contributed by atoms with van der Waals surface area (Å²) >= 11 is 1.41. The van der Waals surface area contributed by atoms with E-state index in [-0.39, 0.29) is 11.7 Å². The number of para-hydroxylation sites is 1. The van der Waals surface area contributed by atoms with Gasteiger partial charge in [-0.2, -0.15) is 0 Å². The highest BCUT2D eigenvalue weighted by Gasteiger charge is 2.21. The molecule has 0 radical (unpaired) electrons. The molecule has 0 atom stereocenters. The van der Waals surface area contributed by atoms with Gasteiger partial charge in [-0.3, -0.25) is 4.79 Å². The van der Waals surface area contributed by atoms with Gasteiger partial charge in [0.05, 0.1) is 5.75 Å². The number of benzene rings is 3. The first-order valence-corrected chi connectivity index (χ1v) is 10.7. The molecule has 1 aliphatic heterocycles. The summed E-state index contributed by atoms with van der Waals surface area (Å²) in [6.07, 6.45) is 0. The van der Waals surface area contributed by atoms with Crippen LogP contribution in [0.2, 0.25) is 0 Å². The summed E-state index contributed by atoms with van der Waals surface area (Å²) in [6, 6.07) is 27.7. The molecule has 0 bridgehead atoms. The van der Waals surface area contributed by atoms with Crippen molar-refractivity contribution in [1.29, 1.82) is 0 Å². The molecule has 0 saturated heterocycles. The summed E-state index contributed by atoms with van der Waals surface area (Å²) in [6.45, 7) is 2.46. The molecule has 1 N–H and O–H groups in total. The Labute approximate surface area is 180 Å². The second-order valence-corrected chi connectivity index (χ2v) is 7.80. The van der Waals surface area contributed by atoms with Crippen LogP contribution in [-0.2, 0) is 4.79 Å². The topological polar surface area (TPSA) is 57.1 Å². The maximum atomic E-state index is 12.5. The molecule has 0 aromatic heterocycles. The normalized spacial score (nSPS) is 13.4. The number of hydrogen-bond acceptors (Lipinski definition) is 5. The van der Waals surface area contributed by atoms with Crippen LogP contribution in [0.3, 0.4) is 0 Å². The van der Waals surface area contributed by atoms with E-state index in [0.717, 1.165) is 27.7 Å². The van der Waals surface area contributed by atoms with E-state index in [0.29, 0.717) is 12.5 Å². The van der Waals surface area contributed by atoms with Crippen molar-refractivity contribution in [3.05, 3.63) is 96.1 Å². The zero-order chi connectivity index (χ0) is 20.8. The van der Waals surface area contributed by atoms with E-state index in [1.54, 1.807) is 0 Å². The third kappa shape index (κ3) is 4.96. The van der Waals surface area contributed by atoms with Crippen molar-refractivity contribution in [3.8, 4) is 0 Å². The van der Waals surface area contributed by atoms with E-state index in [2.05, 4.69) is 10.3 Å². The first kappa shape index (κ1) is 19.9. The van der Waals surface area contributed by atoms with Crippen molar-refractivity contribution in [3.63, 3.8) is 0 Å². The Balaban J connectivity index is 1.52. The highest BCUT2D eigenvalue weighted by molar-refractivity contribution is 8.14. The molecule has 6 heteroatoms. The smallest absolute Gasteiger partial charge is 0.234 e. The van der Waals surface area contributed by atoms with E-state index in [1.807, 2.05) is 96.8 Å². The lowest BCUT2D eigenvalue weighted by atomic mass is 10.2. The second kappa shape index (κ2) is 9.41. The summed E-state index contributed by atoms with van der Waals surface area (Å²) in [7, 11) is 0. The number of carbonyl (C=O) groups excluding carboxylic acids is 1. The number of nitrogens with zero attached hydrogens (tertiary/aromatic N) is 3. The van der Waals surface area contributed by atoms with Crippen molar-refractivity contribution in [1.82, 2.24) is 0 Å². The van der Waals surface area contributed by atoms with Gasteiger partial charge in [-0.1, -0.05) is 72.4 Å². The zero-order valence-corrected chi connectivity index (χ0v) is 17.5. The van der Waals surface area contributed by atoms with Gasteiger partial charge in [-0.25, -0.2) is 9.98 Å². The largest absolute Gasteiger partial charge is 0.325 e. The third-order valence-electron chi connectivity index (χ3n) is 4.53. The minimum absolute atomic E-state index is 0.0647. The minimum Gasteiger partial charge on any atom is -0.325 e. The van der Waals surface area contributed by atoms with Gasteiger partial charge in [0.25, 0.3) is 0 Å². The number of amidine groups is 2. The second-order valence-electron chi connectivity index (χ2n) is 6.85. The lowest BCUT2D eigenvalue weighted by Gasteiger charge is -2.27. The van der Waals surface area contributed by atoms with Gasteiger partial charge in [0, 0.05) is 16.9 Å². The Morgan fingerprint density at radius 2 is 1.73 bits per heavy atom. The van der Waals surface area contributed by atoms with Crippen LogP contribution in [0.25, 0.3) is 0 Å². The number of aliphatic imine (C=N–C) groups is 2. The number of rotatable bonds is 5. The van der Waals surface area contributed by atoms with Gasteiger partial charge in [-0.15, -0.1) is 0 Å². The molecule has 5 nitrogen and oxygen atoms in total. The fourth-order valence-corrected chi connectivity index (χ4v) is 3.89. The zero-order valence-electron chi connectivity index (χ0n) is 16.7. The Morgan fingerprint density at radius 3 is 2.47 bits per heavy atom. The number of aryl methyl sites for hydroxylation is 1. The van der Waals surface area contributed by atoms with Crippen molar-refractivity contribution < 1.29 is 4.79 Å². The molecule has 1 amide bonds. The molecular formula is C24H22N4OS. The minimum atomic E-state index is -0.0647. The van der Waals surface area contributed by atoms with Crippen molar-refractivity contribution in [2.75, 3.05) is 22.6 Å². The number of nitrogens with one attached hydrogen (secondary N) is 1. The predicted molar refractivity (Wildman–Crippen MR) is 126 cm³/mol. The summed E-state index contributed by atoms with van der Waals surface area (Å²) in [5.74, 6) is 0.882. The van der Waals surface area contributed by atoms with E-state index < -0.39 is 0 Å². The summed E-state index contributed by atoms with van der Waals surface area (Å²) < 4.78 is 0. The Bertz CT molecular complexity index is 1080. The highest BCUT2D eigenvalue weighted by atomic mass is 32.2. The summed E-state index contributed by atoms with van der Waals surface area (Å²) in [4.78, 5) is 24.0. The molecule has 0 fully saturated rings. The van der Waals surface area contributed by atoms with Gasteiger partial charge in [0.2, 0.25) is 5.91 Å². The Hall–Kier alpha value is -3.38. The number of carbonyl (C=O) groups is 1. The van der Waals surface area contributed by atoms with Gasteiger partial charge < -0.3 is 10.2 Å². The maximum Gasteiger partial charge on any atom is 0.234 e. The van der Waals surface area contributed by atoms with Gasteiger partial charge in [0.15, 0.2) is 11.0 Å². The van der Waals surface area contributed by atoms with Crippen LogP contribution in [0.15, 0.2) is 94.9 Å². The predicted octanol–water partition coefficient (Wildman–Crippen LogP) is 4.95. The average Bonchev–Trinajstić information content (AvgIpc) is 2.79. The Morgan fingerprint density at radius 1 is 1.00 bits per heavy atom. The van der Waals surface area contributed by atoms with E-state index in [9.17, 15) is 4.79 Å². The molecule has 0 unspecified atom stereocenters. The van der Waals surface area contributed by atoms with Crippen molar-refractivity contribution in [2.24, 2.45) is 9.98 Å². The molecule has 1 heterocycles. The van der Waals surface area contributed by atoms with Crippen LogP contribution in [-0.4, -0.2) is 29.3 Å². The monoisotopic (exact) mass is 414 g/mol. The molecule has 0 aliphatic carbocycles. The van der Waals surface area contributed by atoms with Crippen LogP contribution < -0.4 is 10.2 Å². The van der Waals surface area contributed by atoms with E-state index in [1.165, 1.54) is 11.8 Å². The molecular weight excluding hydrogens is 392 g/mol. The van der Waals surface area contributed by atoms with Crippen LogP contribution in [0.4, 0.5) is 11.4 Å². The standard InChI is InChI=1S/C24H22N4OS/c1-18-9-8-12-20(15-18)26-22(29)16-30-24-27-23(19-10-4-2-5-11-19)25-17-28(24)21-13-6-3-7-14-21/h2-15H,16-17H2,1H3,(H,26,29). The average molecular weight is 415 g/mol. The van der Waals surface area contributed by atoms with Gasteiger partial charge >= 0.3 is 0 Å². The summed E-state index contributed by atoms with van der Waals surface area (Å²) in [5, 5.41) is 3.72. The summed E-state index contributed by atoms with van der Waals surface area (Å²) in [5.41, 5.74) is 3.87. The first-order valence-electron chi connectivity index (χ1n) is 9.69. The lowest BCUT2D eigenvalue weighted by molar-refractivity contribution is -0.113. The van der Waals surface area contributed by atoms with Crippen LogP contribution in [0, 0.1) is 6.92 Å². The van der Waals surface area contributed by atoms with Crippen molar-refractivity contribution >= 4 is 40.0 Å². The van der Waals surface area contributed by atoms with Gasteiger partial charge in [-0.05, 0) is 36.8 Å². The fraction of sp³-hybridized carbons (Fsp3) is 0.125. The maximum absolute atomic E-state index is 12.5. The van der Waals surface area contributed by atoms with Crippen LogP contribution >= 0.6 is 11.8 Å². The lowest BCUT2D eigenvalue weighted by Crippen LogP contribution is -2.34. The highest BCUT2D eigenvalue weighted by Crippen LogP contribution is 2.23. The van der Waals surface area contributed by atoms with Gasteiger partial charge in [0.1, 0.15) is 6.67 Å².